The van der Waals surface area contributed by atoms with E-state index in [1.54, 1.807) is 0 Å². The standard InChI is InChI=1S/C66H41NS/c1-4-17-42(18-5-1)48-37-58(44-21-8-3-9-22-44)65-61(39-48)62-40-49(43-19-6-2-7-20-43)38-59(66(62)68-65)47-32-34-57-56-29-14-15-30-63(56)67(64(57)41-47)50-24-16-23-45(35-50)46-31-33-55-53-27-11-10-25-51(53)52-26-12-13-28-54(52)60(55)36-46/h1-41H. The number of hydrogen-bond donors (Lipinski definition) is 0. The minimum atomic E-state index is 1.14. The van der Waals surface area contributed by atoms with Gasteiger partial charge in [0.15, 0.2) is 0 Å². The Labute approximate surface area is 398 Å². The lowest BCUT2D eigenvalue weighted by molar-refractivity contribution is 1.18. The fraction of sp³-hybridized carbons (Fsp3) is 0. The van der Waals surface area contributed by atoms with Gasteiger partial charge in [0, 0.05) is 47.8 Å². The number of para-hydroxylation sites is 1. The van der Waals surface area contributed by atoms with Crippen molar-refractivity contribution in [1.29, 1.82) is 0 Å². The Morgan fingerprint density at radius 2 is 0.647 bits per heavy atom. The third-order valence-electron chi connectivity index (χ3n) is 14.1. The molecule has 0 N–H and O–H groups in total. The molecule has 14 rings (SSSR count). The highest BCUT2D eigenvalue weighted by Gasteiger charge is 2.20. The molecule has 0 fully saturated rings. The van der Waals surface area contributed by atoms with Crippen molar-refractivity contribution in [3.63, 3.8) is 0 Å². The van der Waals surface area contributed by atoms with Crippen LogP contribution >= 0.6 is 11.3 Å². The van der Waals surface area contributed by atoms with Crippen molar-refractivity contribution in [3.8, 4) is 61.3 Å². The van der Waals surface area contributed by atoms with Gasteiger partial charge in [-0.25, -0.2) is 0 Å². The van der Waals surface area contributed by atoms with Crippen molar-refractivity contribution in [2.24, 2.45) is 0 Å². The van der Waals surface area contributed by atoms with Crippen LogP contribution in [0.5, 0.6) is 0 Å². The predicted molar refractivity (Wildman–Crippen MR) is 293 cm³/mol. The van der Waals surface area contributed by atoms with Crippen LogP contribution in [0.1, 0.15) is 0 Å². The first-order valence-electron chi connectivity index (χ1n) is 23.4. The number of fused-ring (bicyclic) bond motifs is 12. The molecule has 0 saturated carbocycles. The number of thiophene rings is 1. The van der Waals surface area contributed by atoms with Crippen LogP contribution in [0.3, 0.4) is 0 Å². The van der Waals surface area contributed by atoms with Crippen molar-refractivity contribution >= 4 is 85.6 Å². The van der Waals surface area contributed by atoms with Crippen LogP contribution in [0.2, 0.25) is 0 Å². The van der Waals surface area contributed by atoms with E-state index in [-0.39, 0.29) is 0 Å². The highest BCUT2D eigenvalue weighted by Crippen LogP contribution is 2.48. The predicted octanol–water partition coefficient (Wildman–Crippen LogP) is 18.9. The van der Waals surface area contributed by atoms with E-state index in [9.17, 15) is 0 Å². The van der Waals surface area contributed by atoms with Crippen LogP contribution in [-0.2, 0) is 0 Å². The molecule has 0 aliphatic carbocycles. The number of rotatable bonds is 6. The fourth-order valence-electron chi connectivity index (χ4n) is 10.9. The van der Waals surface area contributed by atoms with Gasteiger partial charge in [0.05, 0.1) is 11.0 Å². The van der Waals surface area contributed by atoms with E-state index in [1.807, 2.05) is 11.3 Å². The molecule has 0 atom stereocenters. The Kier molecular flexibility index (Phi) is 8.83. The van der Waals surface area contributed by atoms with Crippen LogP contribution in [0, 0.1) is 0 Å². The second kappa shape index (κ2) is 15.5. The zero-order chi connectivity index (χ0) is 44.7. The molecule has 0 aliphatic heterocycles. The van der Waals surface area contributed by atoms with Crippen molar-refractivity contribution in [3.05, 3.63) is 249 Å². The van der Waals surface area contributed by atoms with Gasteiger partial charge in [0.1, 0.15) is 0 Å². The van der Waals surface area contributed by atoms with Gasteiger partial charge < -0.3 is 4.57 Å². The van der Waals surface area contributed by atoms with Gasteiger partial charge in [0.2, 0.25) is 0 Å². The van der Waals surface area contributed by atoms with Gasteiger partial charge in [-0.15, -0.1) is 11.3 Å². The number of nitrogens with zero attached hydrogens (tertiary/aromatic N) is 1. The summed E-state index contributed by atoms with van der Waals surface area (Å²) in [5.74, 6) is 0. The summed E-state index contributed by atoms with van der Waals surface area (Å²) in [6.45, 7) is 0. The summed E-state index contributed by atoms with van der Waals surface area (Å²) < 4.78 is 5.08. The second-order valence-corrected chi connectivity index (χ2v) is 19.0. The van der Waals surface area contributed by atoms with E-state index < -0.39 is 0 Å². The summed E-state index contributed by atoms with van der Waals surface area (Å²) in [6, 6.07) is 92.0. The van der Waals surface area contributed by atoms with Crippen molar-refractivity contribution in [2.45, 2.75) is 0 Å². The summed E-state index contributed by atoms with van der Waals surface area (Å²) in [5.41, 5.74) is 15.7. The first kappa shape index (κ1) is 38.7. The monoisotopic (exact) mass is 879 g/mol. The average Bonchev–Trinajstić information content (AvgIpc) is 3.96. The van der Waals surface area contributed by atoms with Crippen LogP contribution in [0.15, 0.2) is 249 Å². The summed E-state index contributed by atoms with van der Waals surface area (Å²) in [7, 11) is 0. The first-order valence-corrected chi connectivity index (χ1v) is 24.2. The lowest BCUT2D eigenvalue weighted by Crippen LogP contribution is -1.95. The number of aromatic nitrogens is 1. The third kappa shape index (κ3) is 6.15. The maximum atomic E-state index is 2.48. The van der Waals surface area contributed by atoms with Gasteiger partial charge in [-0.1, -0.05) is 194 Å². The molecule has 14 aromatic rings. The normalized spacial score (nSPS) is 11.8. The Bertz CT molecular complexity index is 4260. The van der Waals surface area contributed by atoms with Crippen molar-refractivity contribution in [1.82, 2.24) is 4.57 Å². The zero-order valence-electron chi connectivity index (χ0n) is 37.0. The Balaban J connectivity index is 0.990. The molecule has 0 saturated heterocycles. The molecule has 12 aromatic carbocycles. The van der Waals surface area contributed by atoms with E-state index in [0.29, 0.717) is 0 Å². The van der Waals surface area contributed by atoms with Crippen LogP contribution < -0.4 is 0 Å². The molecule has 1 nitrogen and oxygen atoms in total. The van der Waals surface area contributed by atoms with Crippen molar-refractivity contribution in [2.75, 3.05) is 0 Å². The van der Waals surface area contributed by atoms with Crippen LogP contribution in [-0.4, -0.2) is 4.57 Å². The van der Waals surface area contributed by atoms with E-state index >= 15 is 0 Å². The summed E-state index contributed by atoms with van der Waals surface area (Å²) in [5, 5.41) is 12.8. The molecule has 0 amide bonds. The van der Waals surface area contributed by atoms with E-state index in [1.165, 1.54) is 130 Å². The molecule has 0 unspecified atom stereocenters. The lowest BCUT2D eigenvalue weighted by atomic mass is 9.92. The smallest absolute Gasteiger partial charge is 0.0547 e. The lowest BCUT2D eigenvalue weighted by Gasteiger charge is -2.14. The Hall–Kier alpha value is -8.56. The third-order valence-corrected chi connectivity index (χ3v) is 15.4. The highest BCUT2D eigenvalue weighted by atomic mass is 32.1. The molecular formula is C66H41NS. The van der Waals surface area contributed by atoms with Gasteiger partial charge in [-0.3, -0.25) is 0 Å². The summed E-state index contributed by atoms with van der Waals surface area (Å²) in [6.07, 6.45) is 0. The topological polar surface area (TPSA) is 4.93 Å². The Morgan fingerprint density at radius 3 is 1.26 bits per heavy atom. The number of benzene rings is 12. The fourth-order valence-corrected chi connectivity index (χ4v) is 12.3. The molecule has 0 radical (unpaired) electrons. The average molecular weight is 880 g/mol. The highest BCUT2D eigenvalue weighted by molar-refractivity contribution is 7.27. The Morgan fingerprint density at radius 1 is 0.221 bits per heavy atom. The zero-order valence-corrected chi connectivity index (χ0v) is 37.8. The van der Waals surface area contributed by atoms with E-state index in [2.05, 4.69) is 253 Å². The van der Waals surface area contributed by atoms with Gasteiger partial charge in [0.25, 0.3) is 0 Å². The molecule has 0 aliphatic rings. The largest absolute Gasteiger partial charge is 0.309 e. The maximum Gasteiger partial charge on any atom is 0.0547 e. The first-order chi connectivity index (χ1) is 33.7. The molecule has 68 heavy (non-hydrogen) atoms. The van der Waals surface area contributed by atoms with Crippen molar-refractivity contribution < 1.29 is 0 Å². The summed E-state index contributed by atoms with van der Waals surface area (Å²) >= 11 is 1.92. The molecule has 2 aromatic heterocycles. The molecule has 0 bridgehead atoms. The maximum absolute atomic E-state index is 2.48. The second-order valence-electron chi connectivity index (χ2n) is 18.0. The molecule has 0 spiro atoms. The van der Waals surface area contributed by atoms with Gasteiger partial charge in [-0.05, 0) is 131 Å². The van der Waals surface area contributed by atoms with E-state index in [0.717, 1.165) is 5.69 Å². The molecule has 316 valence electrons. The van der Waals surface area contributed by atoms with Gasteiger partial charge in [-0.2, -0.15) is 0 Å². The molecule has 2 heterocycles. The number of hydrogen-bond acceptors (Lipinski definition) is 1. The van der Waals surface area contributed by atoms with Crippen LogP contribution in [0.4, 0.5) is 0 Å². The quantitative estimate of drug-likeness (QED) is 0.147. The minimum Gasteiger partial charge on any atom is -0.309 e. The summed E-state index contributed by atoms with van der Waals surface area (Å²) in [4.78, 5) is 0. The molecule has 2 heteroatoms. The van der Waals surface area contributed by atoms with Gasteiger partial charge >= 0.3 is 0 Å². The minimum absolute atomic E-state index is 1.14. The van der Waals surface area contributed by atoms with Crippen LogP contribution in [0.25, 0.3) is 136 Å². The molecular weight excluding hydrogens is 839 g/mol. The SMILES string of the molecule is c1ccc(-c2cc(-c3ccccc3)c3sc4c(-c5ccc6c7ccccc7n(-c7cccc(-c8ccc9c%10ccccc%10c%10ccccc%10c9c8)c7)c6c5)cc(-c5ccccc5)cc4c3c2)cc1. The van der Waals surface area contributed by atoms with E-state index in [4.69, 9.17) is 0 Å².